The minimum atomic E-state index is -0.646. The molecule has 1 aromatic rings. The van der Waals surface area contributed by atoms with Crippen LogP contribution in [0.2, 0.25) is 0 Å². The largest absolute Gasteiger partial charge is 0.493 e. The Bertz CT molecular complexity index is 470. The molecule has 1 saturated heterocycles. The van der Waals surface area contributed by atoms with E-state index in [2.05, 4.69) is 4.74 Å². The van der Waals surface area contributed by atoms with Crippen LogP contribution < -0.4 is 9.47 Å². The van der Waals surface area contributed by atoms with Gasteiger partial charge < -0.3 is 18.9 Å². The zero-order valence-corrected chi connectivity index (χ0v) is 10.9. The van der Waals surface area contributed by atoms with Gasteiger partial charge in [0.15, 0.2) is 17.6 Å². The highest BCUT2D eigenvalue weighted by Crippen LogP contribution is 2.48. The van der Waals surface area contributed by atoms with Crippen molar-refractivity contribution in [2.45, 2.75) is 18.6 Å². The molecular weight excluding hydrogens is 236 g/mol. The van der Waals surface area contributed by atoms with E-state index < -0.39 is 11.7 Å². The molecule has 1 aromatic carbocycles. The van der Waals surface area contributed by atoms with Gasteiger partial charge in [-0.3, -0.25) is 0 Å². The van der Waals surface area contributed by atoms with Crippen LogP contribution in [0.4, 0.5) is 0 Å². The molecule has 2 rings (SSSR count). The molecule has 1 aliphatic heterocycles. The number of hydrogen-bond donors (Lipinski definition) is 0. The third-order valence-corrected chi connectivity index (χ3v) is 3.18. The van der Waals surface area contributed by atoms with Crippen LogP contribution in [0.15, 0.2) is 18.2 Å². The van der Waals surface area contributed by atoms with Gasteiger partial charge in [-0.15, -0.1) is 0 Å². The highest BCUT2D eigenvalue weighted by atomic mass is 16.6. The lowest BCUT2D eigenvalue weighted by Gasteiger charge is -2.12. The van der Waals surface area contributed by atoms with E-state index in [1.54, 1.807) is 20.3 Å². The van der Waals surface area contributed by atoms with E-state index in [0.29, 0.717) is 11.5 Å². The first-order valence-corrected chi connectivity index (χ1v) is 5.55. The van der Waals surface area contributed by atoms with Crippen molar-refractivity contribution in [3.8, 4) is 11.5 Å². The summed E-state index contributed by atoms with van der Waals surface area (Å²) >= 11 is 0. The van der Waals surface area contributed by atoms with Gasteiger partial charge in [-0.2, -0.15) is 0 Å². The van der Waals surface area contributed by atoms with Gasteiger partial charge in [0.1, 0.15) is 5.60 Å². The summed E-state index contributed by atoms with van der Waals surface area (Å²) in [6.07, 6.45) is -0.555. The topological polar surface area (TPSA) is 57.3 Å². The monoisotopic (exact) mass is 252 g/mol. The molecule has 2 atom stereocenters. The molecule has 0 aromatic heterocycles. The summed E-state index contributed by atoms with van der Waals surface area (Å²) in [4.78, 5) is 11.4. The summed E-state index contributed by atoms with van der Waals surface area (Å²) in [5, 5.41) is 0. The molecule has 0 aliphatic carbocycles. The molecule has 5 nitrogen and oxygen atoms in total. The van der Waals surface area contributed by atoms with Crippen LogP contribution >= 0.6 is 0 Å². The lowest BCUT2D eigenvalue weighted by Crippen LogP contribution is -2.17. The van der Waals surface area contributed by atoms with Crippen molar-refractivity contribution in [3.05, 3.63) is 23.8 Å². The molecule has 0 amide bonds. The smallest absolute Gasteiger partial charge is 0.338 e. The van der Waals surface area contributed by atoms with Crippen molar-refractivity contribution in [2.24, 2.45) is 0 Å². The summed E-state index contributed by atoms with van der Waals surface area (Å²) in [5.41, 5.74) is 0.211. The average molecular weight is 252 g/mol. The van der Waals surface area contributed by atoms with Crippen LogP contribution in [0.5, 0.6) is 11.5 Å². The fourth-order valence-corrected chi connectivity index (χ4v) is 1.96. The van der Waals surface area contributed by atoms with Crippen molar-refractivity contribution in [3.63, 3.8) is 0 Å². The Hall–Kier alpha value is -1.75. The first-order valence-electron chi connectivity index (χ1n) is 5.55. The van der Waals surface area contributed by atoms with Gasteiger partial charge in [0.05, 0.1) is 21.3 Å². The lowest BCUT2D eigenvalue weighted by atomic mass is 9.97. The van der Waals surface area contributed by atoms with Crippen molar-refractivity contribution in [2.75, 3.05) is 21.3 Å². The standard InChI is InChI=1S/C13H16O5/c1-13(11(18-13)12(14)17-4)8-5-6-9(15-2)10(7-8)16-3/h5-7,11H,1-4H3. The number of rotatable bonds is 4. The van der Waals surface area contributed by atoms with Gasteiger partial charge in [-0.05, 0) is 24.6 Å². The number of benzene rings is 1. The molecule has 18 heavy (non-hydrogen) atoms. The predicted octanol–water partition coefficient (Wildman–Crippen LogP) is 1.49. The van der Waals surface area contributed by atoms with Crippen LogP contribution in [0.3, 0.4) is 0 Å². The van der Waals surface area contributed by atoms with Gasteiger partial charge in [-0.1, -0.05) is 6.07 Å². The molecule has 5 heteroatoms. The Morgan fingerprint density at radius 2 is 1.89 bits per heavy atom. The number of hydrogen-bond acceptors (Lipinski definition) is 5. The zero-order chi connectivity index (χ0) is 13.3. The summed E-state index contributed by atoms with van der Waals surface area (Å²) in [6, 6.07) is 5.45. The van der Waals surface area contributed by atoms with Crippen LogP contribution in [-0.4, -0.2) is 33.4 Å². The van der Waals surface area contributed by atoms with E-state index in [4.69, 9.17) is 14.2 Å². The third-order valence-electron chi connectivity index (χ3n) is 3.18. The molecule has 0 bridgehead atoms. The van der Waals surface area contributed by atoms with Crippen LogP contribution in [-0.2, 0) is 19.9 Å². The van der Waals surface area contributed by atoms with Gasteiger partial charge >= 0.3 is 5.97 Å². The molecule has 0 radical (unpaired) electrons. The van der Waals surface area contributed by atoms with Crippen LogP contribution in [0.25, 0.3) is 0 Å². The van der Waals surface area contributed by atoms with E-state index in [9.17, 15) is 4.79 Å². The fraction of sp³-hybridized carbons (Fsp3) is 0.462. The van der Waals surface area contributed by atoms with Crippen molar-refractivity contribution in [1.82, 2.24) is 0 Å². The van der Waals surface area contributed by atoms with Crippen molar-refractivity contribution in [1.29, 1.82) is 0 Å². The highest BCUT2D eigenvalue weighted by molar-refractivity contribution is 5.79. The summed E-state index contributed by atoms with van der Waals surface area (Å²) in [6.45, 7) is 1.84. The molecule has 1 heterocycles. The SMILES string of the molecule is COC(=O)C1OC1(C)c1ccc(OC)c(OC)c1. The number of epoxide rings is 1. The second-order valence-electron chi connectivity index (χ2n) is 4.20. The lowest BCUT2D eigenvalue weighted by molar-refractivity contribution is -0.142. The van der Waals surface area contributed by atoms with Gasteiger partial charge in [0, 0.05) is 0 Å². The van der Waals surface area contributed by atoms with E-state index in [1.165, 1.54) is 7.11 Å². The van der Waals surface area contributed by atoms with Crippen LogP contribution in [0.1, 0.15) is 12.5 Å². The molecule has 98 valence electrons. The van der Waals surface area contributed by atoms with Crippen LogP contribution in [0, 0.1) is 0 Å². The minimum absolute atomic E-state index is 0.368. The Kier molecular flexibility index (Phi) is 3.17. The highest BCUT2D eigenvalue weighted by Gasteiger charge is 2.59. The summed E-state index contributed by atoms with van der Waals surface area (Å²) in [5.74, 6) is 0.878. The first kappa shape index (κ1) is 12.7. The number of ether oxygens (including phenoxy) is 4. The minimum Gasteiger partial charge on any atom is -0.493 e. The van der Waals surface area contributed by atoms with E-state index in [0.717, 1.165) is 5.56 Å². The van der Waals surface area contributed by atoms with E-state index >= 15 is 0 Å². The number of methoxy groups -OCH3 is 3. The van der Waals surface area contributed by atoms with E-state index in [-0.39, 0.29) is 5.97 Å². The summed E-state index contributed by atoms with van der Waals surface area (Å²) < 4.78 is 20.5. The first-order chi connectivity index (χ1) is 8.56. The number of carbonyl (C=O) groups is 1. The van der Waals surface area contributed by atoms with Gasteiger partial charge in [0.25, 0.3) is 0 Å². The normalized spacial score (nSPS) is 25.4. The molecule has 0 N–H and O–H groups in total. The molecule has 0 spiro atoms. The number of esters is 1. The Balaban J connectivity index is 2.28. The Labute approximate surface area is 106 Å². The quantitative estimate of drug-likeness (QED) is 0.600. The maximum Gasteiger partial charge on any atom is 0.338 e. The second-order valence-corrected chi connectivity index (χ2v) is 4.20. The predicted molar refractivity (Wildman–Crippen MR) is 63.8 cm³/mol. The second kappa shape index (κ2) is 4.49. The maximum atomic E-state index is 11.4. The van der Waals surface area contributed by atoms with Gasteiger partial charge in [0.2, 0.25) is 0 Å². The molecular formula is C13H16O5. The third kappa shape index (κ3) is 1.90. The molecule has 1 aliphatic rings. The number of carbonyl (C=O) groups excluding carboxylic acids is 1. The van der Waals surface area contributed by atoms with Crippen molar-refractivity contribution < 1.29 is 23.7 Å². The van der Waals surface area contributed by atoms with Crippen molar-refractivity contribution >= 4 is 5.97 Å². The Morgan fingerprint density at radius 1 is 1.22 bits per heavy atom. The molecule has 2 unspecified atom stereocenters. The maximum absolute atomic E-state index is 11.4. The van der Waals surface area contributed by atoms with E-state index in [1.807, 2.05) is 19.1 Å². The average Bonchev–Trinajstić information content (AvgIpc) is 3.10. The Morgan fingerprint density at radius 3 is 2.44 bits per heavy atom. The molecule has 1 fully saturated rings. The summed E-state index contributed by atoms with van der Waals surface area (Å²) in [7, 11) is 4.48. The van der Waals surface area contributed by atoms with Gasteiger partial charge in [-0.25, -0.2) is 4.79 Å². The molecule has 0 saturated carbocycles. The zero-order valence-electron chi connectivity index (χ0n) is 10.9. The fourth-order valence-electron chi connectivity index (χ4n) is 1.96.